The Balaban J connectivity index is 2.00. The van der Waals surface area contributed by atoms with Crippen molar-refractivity contribution < 1.29 is 14.3 Å². The van der Waals surface area contributed by atoms with E-state index in [0.29, 0.717) is 30.7 Å². The Kier molecular flexibility index (Phi) is 5.31. The molecule has 1 aliphatic heterocycles. The first kappa shape index (κ1) is 14.7. The van der Waals surface area contributed by atoms with Crippen LogP contribution in [0.15, 0.2) is 18.3 Å². The highest BCUT2D eigenvalue weighted by Gasteiger charge is 2.21. The lowest BCUT2D eigenvalue weighted by atomic mass is 10.2. The number of nitrogens with one attached hydrogen (secondary N) is 1. The Morgan fingerprint density at radius 3 is 3.15 bits per heavy atom. The molecule has 1 aliphatic rings. The molecule has 0 bridgehead atoms. The van der Waals surface area contributed by atoms with Gasteiger partial charge in [-0.2, -0.15) is 0 Å². The van der Waals surface area contributed by atoms with E-state index < -0.39 is 0 Å². The summed E-state index contributed by atoms with van der Waals surface area (Å²) in [4.78, 5) is 18.4. The fourth-order valence-electron chi connectivity index (χ4n) is 2.15. The number of methoxy groups -OCH3 is 1. The van der Waals surface area contributed by atoms with Crippen molar-refractivity contribution >= 4 is 5.91 Å². The van der Waals surface area contributed by atoms with Crippen molar-refractivity contribution in [2.75, 3.05) is 40.0 Å². The van der Waals surface area contributed by atoms with Gasteiger partial charge < -0.3 is 19.7 Å². The van der Waals surface area contributed by atoms with Gasteiger partial charge in [0.15, 0.2) is 0 Å². The van der Waals surface area contributed by atoms with Gasteiger partial charge in [-0.3, -0.25) is 4.79 Å². The molecule has 1 amide bonds. The number of nitrogens with zero attached hydrogens (tertiary/aromatic N) is 2. The maximum Gasteiger partial charge on any atom is 0.254 e. The number of pyridine rings is 1. The SMILES string of the molecule is COCCOc1cc(C(=O)N2CCN[C@H](C)C2)ccn1. The topological polar surface area (TPSA) is 63.7 Å². The van der Waals surface area contributed by atoms with Crippen molar-refractivity contribution in [3.8, 4) is 5.88 Å². The van der Waals surface area contributed by atoms with Crippen molar-refractivity contribution in [3.05, 3.63) is 23.9 Å². The second-order valence-corrected chi connectivity index (χ2v) is 4.83. The van der Waals surface area contributed by atoms with Gasteiger partial charge in [-0.1, -0.05) is 0 Å². The molecule has 20 heavy (non-hydrogen) atoms. The largest absolute Gasteiger partial charge is 0.475 e. The molecule has 1 N–H and O–H groups in total. The van der Waals surface area contributed by atoms with E-state index in [1.165, 1.54) is 0 Å². The minimum atomic E-state index is 0.0253. The fraction of sp³-hybridized carbons (Fsp3) is 0.571. The first-order valence-electron chi connectivity index (χ1n) is 6.81. The van der Waals surface area contributed by atoms with Crippen LogP contribution in [0, 0.1) is 0 Å². The molecule has 0 saturated carbocycles. The standard InChI is InChI=1S/C14H21N3O3/c1-11-10-17(6-5-15-11)14(18)12-3-4-16-13(9-12)20-8-7-19-2/h3-4,9,11,15H,5-8,10H2,1-2H3/t11-/m1/s1. The third-order valence-corrected chi connectivity index (χ3v) is 3.18. The van der Waals surface area contributed by atoms with Crippen LogP contribution in [0.25, 0.3) is 0 Å². The second-order valence-electron chi connectivity index (χ2n) is 4.83. The van der Waals surface area contributed by atoms with E-state index in [9.17, 15) is 4.79 Å². The van der Waals surface area contributed by atoms with Crippen LogP contribution in [-0.2, 0) is 4.74 Å². The molecule has 0 radical (unpaired) electrons. The van der Waals surface area contributed by atoms with E-state index >= 15 is 0 Å². The summed E-state index contributed by atoms with van der Waals surface area (Å²) in [6.45, 7) is 5.27. The van der Waals surface area contributed by atoms with Crippen LogP contribution in [-0.4, -0.2) is 61.8 Å². The molecule has 2 rings (SSSR count). The lowest BCUT2D eigenvalue weighted by Crippen LogP contribution is -2.51. The zero-order valence-corrected chi connectivity index (χ0v) is 12.0. The van der Waals surface area contributed by atoms with Crippen LogP contribution in [0.5, 0.6) is 5.88 Å². The van der Waals surface area contributed by atoms with Gasteiger partial charge in [0.25, 0.3) is 5.91 Å². The van der Waals surface area contributed by atoms with Crippen LogP contribution >= 0.6 is 0 Å². The second kappa shape index (κ2) is 7.21. The summed E-state index contributed by atoms with van der Waals surface area (Å²) in [6.07, 6.45) is 1.60. The van der Waals surface area contributed by atoms with Crippen LogP contribution in [0.3, 0.4) is 0 Å². The highest BCUT2D eigenvalue weighted by molar-refractivity contribution is 5.94. The smallest absolute Gasteiger partial charge is 0.254 e. The Morgan fingerprint density at radius 1 is 1.55 bits per heavy atom. The van der Waals surface area contributed by atoms with Crippen molar-refractivity contribution in [3.63, 3.8) is 0 Å². The van der Waals surface area contributed by atoms with Crippen molar-refractivity contribution in [2.24, 2.45) is 0 Å². The van der Waals surface area contributed by atoms with E-state index in [4.69, 9.17) is 9.47 Å². The third-order valence-electron chi connectivity index (χ3n) is 3.18. The van der Waals surface area contributed by atoms with Gasteiger partial charge in [-0.25, -0.2) is 4.98 Å². The van der Waals surface area contributed by atoms with Gasteiger partial charge in [0.2, 0.25) is 5.88 Å². The summed E-state index contributed by atoms with van der Waals surface area (Å²) in [5, 5.41) is 3.32. The van der Waals surface area contributed by atoms with Crippen LogP contribution < -0.4 is 10.1 Å². The molecule has 0 aromatic carbocycles. The predicted molar refractivity (Wildman–Crippen MR) is 75.0 cm³/mol. The average molecular weight is 279 g/mol. The van der Waals surface area contributed by atoms with Gasteiger partial charge in [0.05, 0.1) is 6.61 Å². The van der Waals surface area contributed by atoms with Gasteiger partial charge >= 0.3 is 0 Å². The molecular weight excluding hydrogens is 258 g/mol. The summed E-state index contributed by atoms with van der Waals surface area (Å²) < 4.78 is 10.3. The highest BCUT2D eigenvalue weighted by atomic mass is 16.5. The molecule has 1 fully saturated rings. The number of rotatable bonds is 5. The first-order valence-corrected chi connectivity index (χ1v) is 6.81. The fourth-order valence-corrected chi connectivity index (χ4v) is 2.15. The van der Waals surface area contributed by atoms with Crippen molar-refractivity contribution in [1.82, 2.24) is 15.2 Å². The molecule has 0 unspecified atom stereocenters. The van der Waals surface area contributed by atoms with Crippen molar-refractivity contribution in [1.29, 1.82) is 0 Å². The summed E-state index contributed by atoms with van der Waals surface area (Å²) in [5.41, 5.74) is 0.613. The summed E-state index contributed by atoms with van der Waals surface area (Å²) >= 11 is 0. The minimum absolute atomic E-state index is 0.0253. The van der Waals surface area contributed by atoms with Crippen LogP contribution in [0.2, 0.25) is 0 Å². The molecule has 1 saturated heterocycles. The number of hydrogen-bond donors (Lipinski definition) is 1. The maximum absolute atomic E-state index is 12.4. The minimum Gasteiger partial charge on any atom is -0.475 e. The predicted octanol–water partition coefficient (Wildman–Crippen LogP) is 0.541. The molecule has 6 heteroatoms. The zero-order chi connectivity index (χ0) is 14.4. The van der Waals surface area contributed by atoms with Crippen LogP contribution in [0.1, 0.15) is 17.3 Å². The molecule has 1 aromatic heterocycles. The molecule has 1 atom stereocenters. The lowest BCUT2D eigenvalue weighted by molar-refractivity contribution is 0.0708. The summed E-state index contributed by atoms with van der Waals surface area (Å²) in [6, 6.07) is 3.73. The Bertz CT molecular complexity index is 453. The number of hydrogen-bond acceptors (Lipinski definition) is 5. The Labute approximate surface area is 119 Å². The molecule has 2 heterocycles. The average Bonchev–Trinajstić information content (AvgIpc) is 2.47. The lowest BCUT2D eigenvalue weighted by Gasteiger charge is -2.31. The van der Waals surface area contributed by atoms with E-state index in [0.717, 1.165) is 19.6 Å². The van der Waals surface area contributed by atoms with E-state index in [-0.39, 0.29) is 5.91 Å². The van der Waals surface area contributed by atoms with Crippen molar-refractivity contribution in [2.45, 2.75) is 13.0 Å². The Hall–Kier alpha value is -1.66. The normalized spacial score (nSPS) is 18.9. The van der Waals surface area contributed by atoms with E-state index in [2.05, 4.69) is 17.2 Å². The highest BCUT2D eigenvalue weighted by Crippen LogP contribution is 2.13. The van der Waals surface area contributed by atoms with Gasteiger partial charge in [0.1, 0.15) is 6.61 Å². The number of carbonyl (C=O) groups is 1. The van der Waals surface area contributed by atoms with E-state index in [1.807, 2.05) is 4.90 Å². The molecular formula is C14H21N3O3. The number of amides is 1. The summed E-state index contributed by atoms with van der Waals surface area (Å²) in [5.74, 6) is 0.480. The van der Waals surface area contributed by atoms with Gasteiger partial charge in [0, 0.05) is 50.6 Å². The zero-order valence-electron chi connectivity index (χ0n) is 12.0. The summed E-state index contributed by atoms with van der Waals surface area (Å²) in [7, 11) is 1.61. The molecule has 110 valence electrons. The monoisotopic (exact) mass is 279 g/mol. The third kappa shape index (κ3) is 3.91. The van der Waals surface area contributed by atoms with Gasteiger partial charge in [-0.15, -0.1) is 0 Å². The number of carbonyl (C=O) groups excluding carboxylic acids is 1. The number of aromatic nitrogens is 1. The molecule has 6 nitrogen and oxygen atoms in total. The van der Waals surface area contributed by atoms with Crippen LogP contribution in [0.4, 0.5) is 0 Å². The van der Waals surface area contributed by atoms with Gasteiger partial charge in [-0.05, 0) is 13.0 Å². The number of ether oxygens (including phenoxy) is 2. The molecule has 0 spiro atoms. The number of piperazine rings is 1. The maximum atomic E-state index is 12.4. The quantitative estimate of drug-likeness (QED) is 0.797. The molecule has 1 aromatic rings. The van der Waals surface area contributed by atoms with E-state index in [1.54, 1.807) is 25.4 Å². The first-order chi connectivity index (χ1) is 9.70. The molecule has 0 aliphatic carbocycles. The Morgan fingerprint density at radius 2 is 2.40 bits per heavy atom.